The smallest absolute Gasteiger partial charge is 0.316 e. The normalized spacial score (nSPS) is 18.7. The second-order valence-electron chi connectivity index (χ2n) is 14.4. The molecule has 48 heavy (non-hydrogen) atoms. The van der Waals surface area contributed by atoms with Crippen molar-refractivity contribution < 1.29 is 28.8 Å². The highest BCUT2D eigenvalue weighted by Crippen LogP contribution is 2.28. The molecule has 0 radical (unpaired) electrons. The number of likely N-dealkylation sites (N-methyl/N-ethyl adjacent to an activating group) is 1. The summed E-state index contributed by atoms with van der Waals surface area (Å²) in [5, 5.41) is 11.2. The van der Waals surface area contributed by atoms with Crippen molar-refractivity contribution in [3.63, 3.8) is 0 Å². The molecule has 0 aromatic rings. The third-order valence-corrected chi connectivity index (χ3v) is 7.21. The summed E-state index contributed by atoms with van der Waals surface area (Å²) >= 11 is 0. The number of hydrogen-bond acceptors (Lipinski definition) is 7. The average Bonchev–Trinajstić information content (AvgIpc) is 3.74. The minimum absolute atomic E-state index is 0.0212. The summed E-state index contributed by atoms with van der Waals surface area (Å²) in [7, 11) is 3.20. The van der Waals surface area contributed by atoms with E-state index in [9.17, 15) is 28.8 Å². The van der Waals surface area contributed by atoms with Crippen LogP contribution >= 0.6 is 0 Å². The number of rotatable bonds is 12. The van der Waals surface area contributed by atoms with Gasteiger partial charge in [-0.1, -0.05) is 90.0 Å². The van der Waals surface area contributed by atoms with E-state index in [0.29, 0.717) is 6.42 Å². The van der Waals surface area contributed by atoms with Crippen molar-refractivity contribution in [2.24, 2.45) is 28.9 Å². The number of likely N-dealkylation sites (tertiary alicyclic amines) is 1. The molecule has 13 nitrogen and oxygen atoms in total. The van der Waals surface area contributed by atoms with Gasteiger partial charge in [-0.25, -0.2) is 4.79 Å². The Morgan fingerprint density at radius 1 is 0.875 bits per heavy atom. The van der Waals surface area contributed by atoms with Crippen LogP contribution in [-0.2, 0) is 24.0 Å². The SMILES string of the molecule is CC.CC.CC(C)C.CC1CC(C(=O)NC(CNC2CC2)C(=O)C(N)=O)N(C(=O)C(NC(=O)NC(C(=O)N(C)C)C(C)C)C(C)(C)C)C1. The monoisotopic (exact) mass is 684 g/mol. The Bertz CT molecular complexity index is 1030. The summed E-state index contributed by atoms with van der Waals surface area (Å²) in [5.74, 6) is -2.74. The number of nitrogens with zero attached hydrogens (tertiary/aromatic N) is 2. The molecule has 1 saturated carbocycles. The number of hydrogen-bond donors (Lipinski definition) is 5. The molecule has 0 aromatic heterocycles. The highest BCUT2D eigenvalue weighted by molar-refractivity contribution is 6.38. The molecular weight excluding hydrogens is 614 g/mol. The molecule has 0 bridgehead atoms. The first-order valence-corrected chi connectivity index (χ1v) is 17.6. The van der Waals surface area contributed by atoms with Gasteiger partial charge < -0.3 is 36.8 Å². The van der Waals surface area contributed by atoms with Crippen LogP contribution in [0.2, 0.25) is 0 Å². The Labute approximate surface area is 290 Å². The first kappa shape index (κ1) is 46.9. The van der Waals surface area contributed by atoms with E-state index in [1.165, 1.54) is 9.80 Å². The number of nitrogens with one attached hydrogen (secondary N) is 4. The van der Waals surface area contributed by atoms with Gasteiger partial charge >= 0.3 is 6.03 Å². The fourth-order valence-corrected chi connectivity index (χ4v) is 4.68. The standard InChI is InChI=1S/C27H47N7O6.C4H10.2C2H6/c1-14(2)19(24(38)33(7)8)31-26(40)32-21(27(4,5)6)25(39)34-13-15(3)11-18(34)23(37)30-17(20(35)22(28)36)12-29-16-9-10-16;1-4(2)3;2*1-2/h14-19,21,29H,9-13H2,1-8H3,(H2,28,36)(H,30,37)(H2,31,32,40);4H,1-3H3;2*1-2H3. The van der Waals surface area contributed by atoms with Gasteiger partial charge in [0, 0.05) is 33.2 Å². The van der Waals surface area contributed by atoms with Crippen LogP contribution in [-0.4, -0.2) is 103 Å². The Balaban J connectivity index is 0. The molecule has 280 valence electrons. The molecule has 1 aliphatic heterocycles. The van der Waals surface area contributed by atoms with E-state index in [-0.39, 0.29) is 36.9 Å². The Hall–Kier alpha value is -3.22. The summed E-state index contributed by atoms with van der Waals surface area (Å²) in [4.78, 5) is 79.7. The van der Waals surface area contributed by atoms with Crippen LogP contribution in [0.25, 0.3) is 0 Å². The van der Waals surface area contributed by atoms with E-state index in [2.05, 4.69) is 42.0 Å². The van der Waals surface area contributed by atoms with E-state index >= 15 is 0 Å². The molecule has 1 heterocycles. The molecular formula is C35H69N7O6. The number of amides is 6. The van der Waals surface area contributed by atoms with Crippen LogP contribution in [0.5, 0.6) is 0 Å². The minimum Gasteiger partial charge on any atom is -0.363 e. The third kappa shape index (κ3) is 16.7. The van der Waals surface area contributed by atoms with Gasteiger partial charge in [-0.05, 0) is 42.4 Å². The second-order valence-corrected chi connectivity index (χ2v) is 14.4. The molecule has 2 aliphatic rings. The van der Waals surface area contributed by atoms with Crippen molar-refractivity contribution in [1.29, 1.82) is 0 Å². The van der Waals surface area contributed by atoms with Crippen molar-refractivity contribution in [2.45, 2.75) is 139 Å². The Kier molecular flexibility index (Phi) is 21.9. The van der Waals surface area contributed by atoms with E-state index in [0.717, 1.165) is 18.8 Å². The highest BCUT2D eigenvalue weighted by atomic mass is 16.2. The Morgan fingerprint density at radius 3 is 1.77 bits per heavy atom. The van der Waals surface area contributed by atoms with Gasteiger partial charge in [-0.2, -0.15) is 0 Å². The van der Waals surface area contributed by atoms with Crippen molar-refractivity contribution in [3.05, 3.63) is 0 Å². The van der Waals surface area contributed by atoms with Gasteiger partial charge in [0.1, 0.15) is 24.2 Å². The number of urea groups is 1. The number of primary amides is 1. The van der Waals surface area contributed by atoms with E-state index < -0.39 is 59.1 Å². The van der Waals surface area contributed by atoms with Gasteiger partial charge in [-0.3, -0.25) is 24.0 Å². The van der Waals surface area contributed by atoms with Gasteiger partial charge in [-0.15, -0.1) is 0 Å². The predicted octanol–water partition coefficient (Wildman–Crippen LogP) is 3.06. The zero-order valence-corrected chi connectivity index (χ0v) is 32.6. The zero-order chi connectivity index (χ0) is 38.1. The Morgan fingerprint density at radius 2 is 1.38 bits per heavy atom. The van der Waals surface area contributed by atoms with Gasteiger partial charge in [0.2, 0.25) is 23.5 Å². The van der Waals surface area contributed by atoms with Crippen LogP contribution in [0, 0.1) is 23.2 Å². The summed E-state index contributed by atoms with van der Waals surface area (Å²) in [6.45, 7) is 25.7. The fraction of sp³-hybridized carbons (Fsp3) is 0.829. The maximum atomic E-state index is 13.9. The average molecular weight is 684 g/mol. The molecule has 6 amide bonds. The molecule has 5 atom stereocenters. The molecule has 1 aliphatic carbocycles. The maximum Gasteiger partial charge on any atom is 0.316 e. The lowest BCUT2D eigenvalue weighted by Gasteiger charge is -2.36. The number of ketones is 1. The molecule has 6 N–H and O–H groups in total. The lowest BCUT2D eigenvalue weighted by molar-refractivity contribution is -0.143. The number of carbonyl (C=O) groups is 6. The third-order valence-electron chi connectivity index (χ3n) is 7.21. The molecule has 0 aromatic carbocycles. The number of nitrogens with two attached hydrogens (primary N) is 1. The summed E-state index contributed by atoms with van der Waals surface area (Å²) in [5.41, 5.74) is 4.47. The van der Waals surface area contributed by atoms with E-state index in [4.69, 9.17) is 5.73 Å². The van der Waals surface area contributed by atoms with Crippen molar-refractivity contribution in [3.8, 4) is 0 Å². The van der Waals surface area contributed by atoms with Crippen molar-refractivity contribution >= 4 is 35.4 Å². The van der Waals surface area contributed by atoms with Crippen LogP contribution in [0.15, 0.2) is 0 Å². The topological polar surface area (TPSA) is 183 Å². The van der Waals surface area contributed by atoms with Crippen LogP contribution in [0.4, 0.5) is 4.79 Å². The van der Waals surface area contributed by atoms with Gasteiger partial charge in [0.15, 0.2) is 0 Å². The minimum atomic E-state index is -1.15. The second kappa shape index (κ2) is 22.4. The first-order chi connectivity index (χ1) is 22.2. The fourth-order valence-electron chi connectivity index (χ4n) is 4.68. The molecule has 0 spiro atoms. The summed E-state index contributed by atoms with van der Waals surface area (Å²) < 4.78 is 0. The largest absolute Gasteiger partial charge is 0.363 e. The maximum absolute atomic E-state index is 13.9. The van der Waals surface area contributed by atoms with E-state index in [1.54, 1.807) is 34.9 Å². The van der Waals surface area contributed by atoms with E-state index in [1.807, 2.05) is 48.5 Å². The number of Topliss-reactive ketones (excluding diaryl/α,β-unsaturated/α-hetero) is 1. The molecule has 13 heteroatoms. The number of carbonyl (C=O) groups excluding carboxylic acids is 6. The van der Waals surface area contributed by atoms with Crippen LogP contribution < -0.4 is 27.0 Å². The molecule has 2 rings (SSSR count). The summed E-state index contributed by atoms with van der Waals surface area (Å²) in [6, 6.07) is -4.30. The van der Waals surface area contributed by atoms with Crippen molar-refractivity contribution in [1.82, 2.24) is 31.1 Å². The van der Waals surface area contributed by atoms with Crippen LogP contribution in [0.1, 0.15) is 109 Å². The van der Waals surface area contributed by atoms with Crippen molar-refractivity contribution in [2.75, 3.05) is 27.2 Å². The molecule has 5 unspecified atom stereocenters. The first-order valence-electron chi connectivity index (χ1n) is 17.6. The quantitative estimate of drug-likeness (QED) is 0.196. The predicted molar refractivity (Wildman–Crippen MR) is 192 cm³/mol. The lowest BCUT2D eigenvalue weighted by atomic mass is 9.85. The van der Waals surface area contributed by atoms with Crippen LogP contribution in [0.3, 0.4) is 0 Å². The highest BCUT2D eigenvalue weighted by Gasteiger charge is 2.45. The van der Waals surface area contributed by atoms with Gasteiger partial charge in [0.25, 0.3) is 5.91 Å². The summed E-state index contributed by atoms with van der Waals surface area (Å²) in [6.07, 6.45) is 2.24. The zero-order valence-electron chi connectivity index (χ0n) is 32.6. The molecule has 1 saturated heterocycles. The lowest BCUT2D eigenvalue weighted by Crippen LogP contribution is -2.62. The molecule has 2 fully saturated rings. The van der Waals surface area contributed by atoms with Gasteiger partial charge in [0.05, 0.1) is 0 Å².